The molecular weight excluding hydrogens is 422 g/mol. The lowest BCUT2D eigenvalue weighted by Crippen LogP contribution is -2.43. The minimum Gasteiger partial charge on any atom is -0.369 e. The average Bonchev–Trinajstić information content (AvgIpc) is 3.22. The van der Waals surface area contributed by atoms with Gasteiger partial charge in [0.05, 0.1) is 4.90 Å². The molecule has 7 nitrogen and oxygen atoms in total. The topological polar surface area (TPSA) is 79.6 Å². The molecular formula is C24H25N5O2S. The van der Waals surface area contributed by atoms with Crippen LogP contribution in [0.5, 0.6) is 0 Å². The lowest BCUT2D eigenvalue weighted by Gasteiger charge is -2.29. The van der Waals surface area contributed by atoms with Gasteiger partial charge in [-0.3, -0.25) is 0 Å². The Hall–Kier alpha value is -3.23. The Morgan fingerprint density at radius 2 is 1.78 bits per heavy atom. The van der Waals surface area contributed by atoms with Crippen molar-refractivity contribution in [2.75, 3.05) is 37.3 Å². The van der Waals surface area contributed by atoms with Crippen molar-refractivity contribution in [2.24, 2.45) is 0 Å². The first kappa shape index (κ1) is 20.7. The van der Waals surface area contributed by atoms with Crippen molar-refractivity contribution in [3.05, 3.63) is 78.2 Å². The molecule has 1 saturated heterocycles. The number of piperazine rings is 1. The van der Waals surface area contributed by atoms with E-state index >= 15 is 0 Å². The van der Waals surface area contributed by atoms with E-state index in [0.29, 0.717) is 11.3 Å². The summed E-state index contributed by atoms with van der Waals surface area (Å²) in [5.41, 5.74) is 4.99. The molecule has 0 amide bonds. The maximum Gasteiger partial charge on any atom is 0.175 e. The summed E-state index contributed by atoms with van der Waals surface area (Å²) in [6.07, 6.45) is 3.75. The SMILES string of the molecule is CS(=O)(=O)c1ccc(-c2cccn3nc(Cc4cccc(N5CCNCC5)c4)nc23)cc1. The molecule has 0 atom stereocenters. The molecule has 1 aliphatic heterocycles. The second kappa shape index (κ2) is 8.37. The first-order valence-electron chi connectivity index (χ1n) is 10.7. The number of hydrogen-bond donors (Lipinski definition) is 1. The van der Waals surface area contributed by atoms with Gasteiger partial charge in [0.2, 0.25) is 0 Å². The summed E-state index contributed by atoms with van der Waals surface area (Å²) in [6.45, 7) is 4.04. The van der Waals surface area contributed by atoms with Gasteiger partial charge < -0.3 is 10.2 Å². The number of fused-ring (bicyclic) bond motifs is 1. The molecule has 1 N–H and O–H groups in total. The van der Waals surface area contributed by atoms with Gasteiger partial charge in [-0.15, -0.1) is 0 Å². The third kappa shape index (κ3) is 4.24. The number of pyridine rings is 1. The molecule has 8 heteroatoms. The molecule has 1 aliphatic rings. The highest BCUT2D eigenvalue weighted by atomic mass is 32.2. The van der Waals surface area contributed by atoms with Crippen LogP contribution in [0.3, 0.4) is 0 Å². The van der Waals surface area contributed by atoms with E-state index in [9.17, 15) is 8.42 Å². The third-order valence-corrected chi connectivity index (χ3v) is 6.88. The Balaban J connectivity index is 1.43. The Labute approximate surface area is 187 Å². The fourth-order valence-electron chi connectivity index (χ4n) is 4.10. The van der Waals surface area contributed by atoms with Crippen LogP contribution in [0, 0.1) is 0 Å². The second-order valence-electron chi connectivity index (χ2n) is 8.10. The molecule has 0 spiro atoms. The van der Waals surface area contributed by atoms with E-state index in [1.54, 1.807) is 16.6 Å². The van der Waals surface area contributed by atoms with Crippen LogP contribution < -0.4 is 10.2 Å². The predicted molar refractivity (Wildman–Crippen MR) is 126 cm³/mol. The van der Waals surface area contributed by atoms with E-state index < -0.39 is 9.84 Å². The van der Waals surface area contributed by atoms with Gasteiger partial charge in [-0.2, -0.15) is 5.10 Å². The Morgan fingerprint density at radius 1 is 1.00 bits per heavy atom. The van der Waals surface area contributed by atoms with Crippen LogP contribution in [0.2, 0.25) is 0 Å². The van der Waals surface area contributed by atoms with E-state index in [1.807, 2.05) is 30.5 Å². The molecule has 2 aromatic heterocycles. The van der Waals surface area contributed by atoms with Crippen LogP contribution in [-0.2, 0) is 16.3 Å². The van der Waals surface area contributed by atoms with Gasteiger partial charge in [0.1, 0.15) is 0 Å². The van der Waals surface area contributed by atoms with Crippen LogP contribution in [0.25, 0.3) is 16.8 Å². The summed E-state index contributed by atoms with van der Waals surface area (Å²) in [6, 6.07) is 19.4. The van der Waals surface area contributed by atoms with Crippen molar-refractivity contribution in [2.45, 2.75) is 11.3 Å². The second-order valence-corrected chi connectivity index (χ2v) is 10.1. The fraction of sp³-hybridized carbons (Fsp3) is 0.250. The zero-order valence-corrected chi connectivity index (χ0v) is 18.7. The summed E-state index contributed by atoms with van der Waals surface area (Å²) in [5.74, 6) is 0.752. The van der Waals surface area contributed by atoms with E-state index in [4.69, 9.17) is 4.98 Å². The molecule has 0 saturated carbocycles. The average molecular weight is 448 g/mol. The van der Waals surface area contributed by atoms with E-state index in [1.165, 1.54) is 17.5 Å². The van der Waals surface area contributed by atoms with Crippen molar-refractivity contribution in [1.82, 2.24) is 19.9 Å². The summed E-state index contributed by atoms with van der Waals surface area (Å²) in [4.78, 5) is 7.51. The maximum atomic E-state index is 11.8. The minimum atomic E-state index is -3.23. The number of nitrogens with zero attached hydrogens (tertiary/aromatic N) is 4. The zero-order chi connectivity index (χ0) is 22.1. The molecule has 0 aliphatic carbocycles. The van der Waals surface area contributed by atoms with Crippen molar-refractivity contribution in [3.63, 3.8) is 0 Å². The lowest BCUT2D eigenvalue weighted by molar-refractivity contribution is 0.589. The summed E-state index contributed by atoms with van der Waals surface area (Å²) in [7, 11) is -3.23. The molecule has 4 aromatic rings. The van der Waals surface area contributed by atoms with Gasteiger partial charge in [-0.25, -0.2) is 17.9 Å². The quantitative estimate of drug-likeness (QED) is 0.507. The molecule has 0 radical (unpaired) electrons. The molecule has 3 heterocycles. The first-order valence-corrected chi connectivity index (χ1v) is 12.6. The number of anilines is 1. The third-order valence-electron chi connectivity index (χ3n) is 5.75. The minimum absolute atomic E-state index is 0.305. The molecule has 164 valence electrons. The highest BCUT2D eigenvalue weighted by Crippen LogP contribution is 2.25. The largest absolute Gasteiger partial charge is 0.369 e. The van der Waals surface area contributed by atoms with E-state index in [0.717, 1.165) is 48.8 Å². The van der Waals surface area contributed by atoms with Crippen LogP contribution >= 0.6 is 0 Å². The van der Waals surface area contributed by atoms with Gasteiger partial charge >= 0.3 is 0 Å². The number of hydrogen-bond acceptors (Lipinski definition) is 6. The summed E-state index contributed by atoms with van der Waals surface area (Å²) in [5, 5.41) is 8.07. The number of rotatable bonds is 5. The maximum absolute atomic E-state index is 11.8. The monoisotopic (exact) mass is 447 g/mol. The van der Waals surface area contributed by atoms with Gasteiger partial charge in [0, 0.05) is 56.3 Å². The Kier molecular flexibility index (Phi) is 5.40. The van der Waals surface area contributed by atoms with Crippen molar-refractivity contribution in [3.8, 4) is 11.1 Å². The van der Waals surface area contributed by atoms with Crippen LogP contribution in [-0.4, -0.2) is 55.5 Å². The highest BCUT2D eigenvalue weighted by molar-refractivity contribution is 7.90. The summed E-state index contributed by atoms with van der Waals surface area (Å²) < 4.78 is 25.3. The smallest absolute Gasteiger partial charge is 0.175 e. The first-order chi connectivity index (χ1) is 15.5. The van der Waals surface area contributed by atoms with Crippen LogP contribution in [0.15, 0.2) is 71.8 Å². The molecule has 0 bridgehead atoms. The summed E-state index contributed by atoms with van der Waals surface area (Å²) >= 11 is 0. The van der Waals surface area contributed by atoms with Crippen molar-refractivity contribution < 1.29 is 8.42 Å². The van der Waals surface area contributed by atoms with Gasteiger partial charge in [-0.05, 0) is 47.5 Å². The van der Waals surface area contributed by atoms with Gasteiger partial charge in [0.25, 0.3) is 0 Å². The lowest BCUT2D eigenvalue weighted by atomic mass is 10.1. The van der Waals surface area contributed by atoms with E-state index in [-0.39, 0.29) is 0 Å². The van der Waals surface area contributed by atoms with Gasteiger partial charge in [0.15, 0.2) is 21.3 Å². The molecule has 1 fully saturated rings. The standard InChI is InChI=1S/C24H25N5O2S/c1-32(30,31)21-9-7-19(8-10-21)22-6-3-13-29-24(22)26-23(27-29)17-18-4-2-5-20(16-18)28-14-11-25-12-15-28/h2-10,13,16,25H,11-12,14-15,17H2,1H3. The molecule has 2 aromatic carbocycles. The van der Waals surface area contributed by atoms with Crippen molar-refractivity contribution in [1.29, 1.82) is 0 Å². The van der Waals surface area contributed by atoms with Crippen LogP contribution in [0.1, 0.15) is 11.4 Å². The van der Waals surface area contributed by atoms with Crippen molar-refractivity contribution >= 4 is 21.2 Å². The predicted octanol–water partition coefficient (Wildman–Crippen LogP) is 2.80. The fourth-order valence-corrected chi connectivity index (χ4v) is 4.73. The number of nitrogens with one attached hydrogen (secondary N) is 1. The van der Waals surface area contributed by atoms with Gasteiger partial charge in [-0.1, -0.05) is 24.3 Å². The molecule has 5 rings (SSSR count). The number of benzene rings is 2. The van der Waals surface area contributed by atoms with E-state index in [2.05, 4.69) is 39.6 Å². The number of sulfone groups is 1. The normalized spacial score (nSPS) is 14.7. The zero-order valence-electron chi connectivity index (χ0n) is 17.9. The number of aromatic nitrogens is 3. The highest BCUT2D eigenvalue weighted by Gasteiger charge is 2.14. The van der Waals surface area contributed by atoms with Crippen LogP contribution in [0.4, 0.5) is 5.69 Å². The Morgan fingerprint density at radius 3 is 2.53 bits per heavy atom. The Bertz CT molecular complexity index is 1360. The molecule has 0 unspecified atom stereocenters. The molecule has 32 heavy (non-hydrogen) atoms.